The minimum atomic E-state index is -0.170. The number of fused-ring (bicyclic) bond motifs is 1. The van der Waals surface area contributed by atoms with Crippen LogP contribution in [0.2, 0.25) is 0 Å². The maximum absolute atomic E-state index is 15.0. The summed E-state index contributed by atoms with van der Waals surface area (Å²) in [6.45, 7) is 4.17. The Labute approximate surface area is 190 Å². The fourth-order valence-electron chi connectivity index (χ4n) is 5.39. The van der Waals surface area contributed by atoms with Crippen LogP contribution in [0.25, 0.3) is 33.2 Å². The van der Waals surface area contributed by atoms with E-state index in [1.54, 1.807) is 6.07 Å². The summed E-state index contributed by atoms with van der Waals surface area (Å²) >= 11 is 0. The van der Waals surface area contributed by atoms with Crippen molar-refractivity contribution in [1.82, 2.24) is 0 Å². The quantitative estimate of drug-likeness (QED) is 0.299. The highest BCUT2D eigenvalue weighted by Crippen LogP contribution is 2.35. The minimum Gasteiger partial charge on any atom is -0.206 e. The molecule has 0 bridgehead atoms. The van der Waals surface area contributed by atoms with E-state index < -0.39 is 0 Å². The summed E-state index contributed by atoms with van der Waals surface area (Å²) in [7, 11) is 2.11. The van der Waals surface area contributed by atoms with Gasteiger partial charge in [-0.3, -0.25) is 0 Å². The van der Waals surface area contributed by atoms with E-state index in [1.165, 1.54) is 54.1 Å². The third-order valence-corrected chi connectivity index (χ3v) is 7.25. The van der Waals surface area contributed by atoms with Gasteiger partial charge in [0, 0.05) is 18.6 Å². The van der Waals surface area contributed by atoms with Crippen molar-refractivity contribution in [3.8, 4) is 22.4 Å². The number of aromatic nitrogens is 1. The topological polar surface area (TPSA) is 3.88 Å². The van der Waals surface area contributed by atoms with Crippen LogP contribution in [0.4, 0.5) is 4.39 Å². The van der Waals surface area contributed by atoms with Crippen molar-refractivity contribution in [3.63, 3.8) is 0 Å². The molecule has 0 radical (unpaired) electrons. The molecule has 0 amide bonds. The third-order valence-electron chi connectivity index (χ3n) is 7.25. The van der Waals surface area contributed by atoms with Crippen molar-refractivity contribution in [2.45, 2.75) is 46.0 Å². The highest BCUT2D eigenvalue weighted by atomic mass is 19.1. The molecule has 0 N–H and O–H groups in total. The number of nitrogens with zero attached hydrogens (tertiary/aromatic N) is 1. The van der Waals surface area contributed by atoms with Gasteiger partial charge in [-0.25, -0.2) is 4.39 Å². The van der Waals surface area contributed by atoms with Gasteiger partial charge < -0.3 is 0 Å². The van der Waals surface area contributed by atoms with Gasteiger partial charge in [0.05, 0.1) is 10.9 Å². The van der Waals surface area contributed by atoms with Crippen LogP contribution in [-0.2, 0) is 13.5 Å². The largest absolute Gasteiger partial charge is 0.220 e. The summed E-state index contributed by atoms with van der Waals surface area (Å²) in [5, 5.41) is 2.50. The fraction of sp³-hybridized carbons (Fsp3) is 0.300. The van der Waals surface area contributed by atoms with Crippen LogP contribution >= 0.6 is 0 Å². The first-order valence-electron chi connectivity index (χ1n) is 11.8. The Bertz CT molecular complexity index is 1280. The Morgan fingerprint density at radius 3 is 2.38 bits per heavy atom. The van der Waals surface area contributed by atoms with E-state index in [9.17, 15) is 4.39 Å². The first kappa shape index (κ1) is 20.9. The number of aryl methyl sites for hydroxylation is 2. The molecule has 1 saturated carbocycles. The highest BCUT2D eigenvalue weighted by molar-refractivity contribution is 5.95. The lowest BCUT2D eigenvalue weighted by Gasteiger charge is -2.14. The number of benzene rings is 3. The second kappa shape index (κ2) is 8.50. The number of halogens is 1. The van der Waals surface area contributed by atoms with Crippen molar-refractivity contribution < 1.29 is 8.96 Å². The molecule has 0 unspecified atom stereocenters. The highest BCUT2D eigenvalue weighted by Gasteiger charge is 2.23. The molecule has 0 spiro atoms. The lowest BCUT2D eigenvalue weighted by atomic mass is 9.92. The molecule has 1 aliphatic carbocycles. The first-order chi connectivity index (χ1) is 15.5. The Kier molecular flexibility index (Phi) is 5.55. The van der Waals surface area contributed by atoms with Crippen molar-refractivity contribution in [3.05, 3.63) is 89.4 Å². The molecule has 1 heterocycles. The zero-order valence-electron chi connectivity index (χ0n) is 19.3. The molecule has 2 heteroatoms. The van der Waals surface area contributed by atoms with Gasteiger partial charge in [0.25, 0.3) is 0 Å². The van der Waals surface area contributed by atoms with Gasteiger partial charge in [-0.15, -0.1) is 0 Å². The smallest absolute Gasteiger partial charge is 0.206 e. The Balaban J connectivity index is 1.67. The predicted molar refractivity (Wildman–Crippen MR) is 131 cm³/mol. The van der Waals surface area contributed by atoms with E-state index in [0.29, 0.717) is 5.56 Å². The number of hydrogen-bond acceptors (Lipinski definition) is 0. The Morgan fingerprint density at radius 2 is 1.62 bits per heavy atom. The van der Waals surface area contributed by atoms with Gasteiger partial charge in [0.1, 0.15) is 12.9 Å². The zero-order valence-corrected chi connectivity index (χ0v) is 19.3. The van der Waals surface area contributed by atoms with E-state index in [1.807, 2.05) is 43.3 Å². The molecule has 5 rings (SSSR count). The SMILES string of the molecule is Cc1cc(F)c(-c2ccccc2)cc1-c1c2ccc(CC3CCCC3)cc2cc(C)[n+]1C. The predicted octanol–water partition coefficient (Wildman–Crippen LogP) is 7.49. The van der Waals surface area contributed by atoms with Gasteiger partial charge in [0.2, 0.25) is 5.69 Å². The van der Waals surface area contributed by atoms with Crippen LogP contribution in [-0.4, -0.2) is 0 Å². The summed E-state index contributed by atoms with van der Waals surface area (Å²) in [5.41, 5.74) is 7.40. The molecule has 0 atom stereocenters. The summed E-state index contributed by atoms with van der Waals surface area (Å²) in [5.74, 6) is 0.663. The van der Waals surface area contributed by atoms with E-state index in [2.05, 4.69) is 42.8 Å². The van der Waals surface area contributed by atoms with Crippen molar-refractivity contribution in [2.24, 2.45) is 13.0 Å². The van der Waals surface area contributed by atoms with Crippen LogP contribution in [0.15, 0.2) is 66.7 Å². The Morgan fingerprint density at radius 1 is 0.875 bits per heavy atom. The molecule has 0 aliphatic heterocycles. The molecule has 1 aliphatic rings. The second-order valence-corrected chi connectivity index (χ2v) is 9.48. The van der Waals surface area contributed by atoms with E-state index in [0.717, 1.165) is 28.3 Å². The van der Waals surface area contributed by atoms with Gasteiger partial charge in [-0.1, -0.05) is 68.1 Å². The maximum Gasteiger partial charge on any atom is 0.220 e. The lowest BCUT2D eigenvalue weighted by molar-refractivity contribution is -0.665. The summed E-state index contributed by atoms with van der Waals surface area (Å²) in [6.07, 6.45) is 6.67. The van der Waals surface area contributed by atoms with Crippen LogP contribution in [0.1, 0.15) is 42.5 Å². The molecular formula is C30H31FN+. The number of rotatable bonds is 4. The molecule has 1 nitrogen and oxygen atoms in total. The maximum atomic E-state index is 15.0. The van der Waals surface area contributed by atoms with E-state index in [4.69, 9.17) is 0 Å². The van der Waals surface area contributed by atoms with E-state index >= 15 is 0 Å². The van der Waals surface area contributed by atoms with E-state index in [-0.39, 0.29) is 5.82 Å². The average Bonchev–Trinajstić information content (AvgIpc) is 3.29. The normalized spacial score (nSPS) is 14.4. The molecule has 162 valence electrons. The van der Waals surface area contributed by atoms with Crippen LogP contribution in [0, 0.1) is 25.6 Å². The van der Waals surface area contributed by atoms with Crippen LogP contribution in [0.5, 0.6) is 0 Å². The zero-order chi connectivity index (χ0) is 22.2. The average molecular weight is 425 g/mol. The van der Waals surface area contributed by atoms with Gasteiger partial charge in [-0.2, -0.15) is 4.57 Å². The van der Waals surface area contributed by atoms with Gasteiger partial charge in [0.15, 0.2) is 5.69 Å². The minimum absolute atomic E-state index is 0.170. The molecule has 1 aromatic heterocycles. The Hall–Kier alpha value is -3.00. The molecular weight excluding hydrogens is 393 g/mol. The summed E-state index contributed by atoms with van der Waals surface area (Å²) in [6, 6.07) is 22.8. The third kappa shape index (κ3) is 3.83. The van der Waals surface area contributed by atoms with Crippen LogP contribution < -0.4 is 4.57 Å². The molecule has 0 saturated heterocycles. The standard InChI is InChI=1S/C30H31FN/c1-20-15-29(31)28(24-11-5-4-6-12-24)19-27(20)30-26-14-13-23(17-22-9-7-8-10-22)18-25(26)16-21(2)32(30)3/h4-6,11-16,18-19,22H,7-10,17H2,1-3H3/q+1. The molecule has 4 aromatic rings. The van der Waals surface area contributed by atoms with Gasteiger partial charge in [-0.05, 0) is 59.5 Å². The molecule has 1 fully saturated rings. The van der Waals surface area contributed by atoms with Gasteiger partial charge >= 0.3 is 0 Å². The van der Waals surface area contributed by atoms with Crippen molar-refractivity contribution >= 4 is 10.8 Å². The fourth-order valence-corrected chi connectivity index (χ4v) is 5.39. The first-order valence-corrected chi connectivity index (χ1v) is 11.8. The molecule has 3 aromatic carbocycles. The summed E-state index contributed by atoms with van der Waals surface area (Å²) < 4.78 is 17.2. The summed E-state index contributed by atoms with van der Waals surface area (Å²) in [4.78, 5) is 0. The van der Waals surface area contributed by atoms with Crippen molar-refractivity contribution in [2.75, 3.05) is 0 Å². The lowest BCUT2D eigenvalue weighted by Crippen LogP contribution is -2.35. The van der Waals surface area contributed by atoms with Crippen molar-refractivity contribution in [1.29, 1.82) is 0 Å². The van der Waals surface area contributed by atoms with Crippen LogP contribution in [0.3, 0.4) is 0 Å². The molecule has 32 heavy (non-hydrogen) atoms. The monoisotopic (exact) mass is 424 g/mol. The number of hydrogen-bond donors (Lipinski definition) is 0. The second-order valence-electron chi connectivity index (χ2n) is 9.48. The number of pyridine rings is 1.